The Kier molecular flexibility index (Phi) is 6.54. The van der Waals surface area contributed by atoms with Crippen LogP contribution in [0.15, 0.2) is 62.1 Å². The van der Waals surface area contributed by atoms with E-state index in [0.29, 0.717) is 24.0 Å². The zero-order valence-electron chi connectivity index (χ0n) is 16.5. The maximum atomic E-state index is 13.0. The summed E-state index contributed by atoms with van der Waals surface area (Å²) in [6.07, 6.45) is 5.23. The van der Waals surface area contributed by atoms with Gasteiger partial charge in [-0.1, -0.05) is 0 Å². The second-order valence-electron chi connectivity index (χ2n) is 7.38. The van der Waals surface area contributed by atoms with E-state index in [-0.39, 0.29) is 40.2 Å². The summed E-state index contributed by atoms with van der Waals surface area (Å²) in [5.74, 6) is -1.52. The average molecular weight is 538 g/mol. The van der Waals surface area contributed by atoms with E-state index in [2.05, 4.69) is 13.5 Å². The predicted octanol–water partition coefficient (Wildman–Crippen LogP) is 2.24. The topological polar surface area (TPSA) is 54.4 Å². The average Bonchev–Trinajstić information content (AvgIpc) is 3.05. The molecule has 4 rings (SSSR count). The summed E-state index contributed by atoms with van der Waals surface area (Å²) < 4.78 is 45.4. The van der Waals surface area contributed by atoms with Crippen molar-refractivity contribution in [3.05, 3.63) is 70.0 Å². The Morgan fingerprint density at radius 2 is 2.13 bits per heavy atom. The van der Waals surface area contributed by atoms with Crippen molar-refractivity contribution in [2.75, 3.05) is 6.54 Å². The van der Waals surface area contributed by atoms with Crippen molar-refractivity contribution < 1.29 is 39.4 Å². The summed E-state index contributed by atoms with van der Waals surface area (Å²) in [6.45, 7) is 0.349. The standard InChI is InChI=1S/C23H20F3IN3O/c24-23(25,26)18-9-7-15(8-10-18)20-6-3-4-16-12-17(13-28-21(16)20)22(31)29-14-19-5-1-2-11-27-30-19/h1-7,11-13,18H,8-10,14H2,(H,29,31)/q-1. The molecular weight excluding hydrogens is 518 g/mol. The summed E-state index contributed by atoms with van der Waals surface area (Å²) in [4.78, 5) is 17.1. The van der Waals surface area contributed by atoms with Crippen molar-refractivity contribution in [1.29, 1.82) is 0 Å². The Labute approximate surface area is 188 Å². The molecule has 1 amide bonds. The second kappa shape index (κ2) is 9.33. The Morgan fingerprint density at radius 3 is 2.90 bits per heavy atom. The molecule has 0 saturated carbocycles. The second-order valence-corrected chi connectivity index (χ2v) is 9.14. The Hall–Kier alpha value is -2.49. The number of benzene rings is 1. The molecule has 31 heavy (non-hydrogen) atoms. The van der Waals surface area contributed by atoms with Crippen molar-refractivity contribution in [2.24, 2.45) is 9.12 Å². The van der Waals surface area contributed by atoms with Crippen LogP contribution >= 0.6 is 0 Å². The molecule has 0 bridgehead atoms. The molecule has 2 aliphatic rings. The van der Waals surface area contributed by atoms with Gasteiger partial charge in [-0.15, -0.1) is 0 Å². The van der Waals surface area contributed by atoms with Crippen LogP contribution in [0.1, 0.15) is 35.2 Å². The fourth-order valence-corrected chi connectivity index (χ4v) is 4.92. The van der Waals surface area contributed by atoms with Crippen molar-refractivity contribution in [1.82, 2.24) is 10.3 Å². The number of amides is 1. The number of carbonyl (C=O) groups excluding carboxylic acids is 1. The molecule has 1 aliphatic heterocycles. The van der Waals surface area contributed by atoms with Crippen LogP contribution in [0.5, 0.6) is 0 Å². The number of para-hydroxylation sites is 1. The van der Waals surface area contributed by atoms with E-state index in [4.69, 9.17) is 0 Å². The van der Waals surface area contributed by atoms with E-state index in [1.54, 1.807) is 12.1 Å². The number of allylic oxidation sites excluding steroid dienone is 4. The molecule has 1 aliphatic carbocycles. The van der Waals surface area contributed by atoms with Gasteiger partial charge in [0.05, 0.1) is 5.92 Å². The molecule has 1 unspecified atom stereocenters. The van der Waals surface area contributed by atoms with Crippen molar-refractivity contribution in [3.8, 4) is 0 Å². The van der Waals surface area contributed by atoms with E-state index >= 15 is 0 Å². The van der Waals surface area contributed by atoms with Gasteiger partial charge in [-0.2, -0.15) is 13.2 Å². The predicted molar refractivity (Wildman–Crippen MR) is 111 cm³/mol. The molecule has 0 saturated heterocycles. The number of rotatable bonds is 4. The number of nitrogens with zero attached hydrogens (tertiary/aromatic N) is 2. The SMILES string of the molecule is O=C(NCC1=N[I-]C=CC=C1)c1cnc2c(C3=CCC(C(F)(F)F)CC3)cccc2c1. The fourth-order valence-electron chi connectivity index (χ4n) is 3.64. The zero-order chi connectivity index (χ0) is 21.8. The van der Waals surface area contributed by atoms with Crippen LogP contribution in [-0.4, -0.2) is 29.3 Å². The number of alkyl halides is 3. The number of fused-ring (bicyclic) bond motifs is 1. The summed E-state index contributed by atoms with van der Waals surface area (Å²) in [5, 5.41) is 3.65. The maximum absolute atomic E-state index is 13.0. The van der Waals surface area contributed by atoms with E-state index in [1.807, 2.05) is 40.5 Å². The Bertz CT molecular complexity index is 1120. The van der Waals surface area contributed by atoms with Crippen LogP contribution < -0.4 is 26.8 Å². The molecule has 162 valence electrons. The number of carbonyl (C=O) groups is 1. The van der Waals surface area contributed by atoms with Crippen LogP contribution in [-0.2, 0) is 0 Å². The van der Waals surface area contributed by atoms with Gasteiger partial charge < -0.3 is 0 Å². The van der Waals surface area contributed by atoms with Crippen LogP contribution in [0.25, 0.3) is 16.5 Å². The number of halogens is 4. The Balaban J connectivity index is 1.51. The first-order valence-corrected chi connectivity index (χ1v) is 12.1. The summed E-state index contributed by atoms with van der Waals surface area (Å²) >= 11 is -0.371. The van der Waals surface area contributed by atoms with Gasteiger partial charge in [-0.3, -0.25) is 0 Å². The van der Waals surface area contributed by atoms with Crippen LogP contribution in [0, 0.1) is 5.92 Å². The molecule has 1 atom stereocenters. The molecule has 0 fully saturated rings. The van der Waals surface area contributed by atoms with Crippen molar-refractivity contribution in [2.45, 2.75) is 25.4 Å². The molecule has 2 heterocycles. The van der Waals surface area contributed by atoms with Crippen LogP contribution in [0.2, 0.25) is 0 Å². The van der Waals surface area contributed by atoms with E-state index in [0.717, 1.165) is 22.2 Å². The van der Waals surface area contributed by atoms with Crippen molar-refractivity contribution in [3.63, 3.8) is 0 Å². The first kappa shape index (κ1) is 21.7. The molecule has 1 aromatic heterocycles. The summed E-state index contributed by atoms with van der Waals surface area (Å²) in [7, 11) is 0. The third-order valence-electron chi connectivity index (χ3n) is 5.31. The van der Waals surface area contributed by atoms with Crippen LogP contribution in [0.4, 0.5) is 13.2 Å². The van der Waals surface area contributed by atoms with Gasteiger partial charge >= 0.3 is 157 Å². The third kappa shape index (κ3) is 5.23. The molecule has 1 N–H and O–H groups in total. The molecule has 0 spiro atoms. The van der Waals surface area contributed by atoms with Gasteiger partial charge in [0, 0.05) is 0 Å². The molecule has 2 aromatic rings. The zero-order valence-corrected chi connectivity index (χ0v) is 18.7. The van der Waals surface area contributed by atoms with E-state index in [9.17, 15) is 18.0 Å². The van der Waals surface area contributed by atoms with Gasteiger partial charge in [-0.25, -0.2) is 0 Å². The van der Waals surface area contributed by atoms with Crippen molar-refractivity contribution >= 4 is 28.1 Å². The fraction of sp³-hybridized carbons (Fsp3) is 0.261. The quantitative estimate of drug-likeness (QED) is 0.608. The van der Waals surface area contributed by atoms with E-state index < -0.39 is 12.1 Å². The minimum atomic E-state index is -4.16. The summed E-state index contributed by atoms with van der Waals surface area (Å²) in [5.41, 5.74) is 3.68. The number of pyridine rings is 1. The number of hydrogen-bond acceptors (Lipinski definition) is 3. The van der Waals surface area contributed by atoms with Crippen LogP contribution in [0.3, 0.4) is 0 Å². The first-order valence-electron chi connectivity index (χ1n) is 9.88. The number of nitrogens with one attached hydrogen (secondary N) is 1. The van der Waals surface area contributed by atoms with Gasteiger partial charge in [0.2, 0.25) is 0 Å². The number of aromatic nitrogens is 1. The molecule has 1 aromatic carbocycles. The van der Waals surface area contributed by atoms with E-state index in [1.165, 1.54) is 6.20 Å². The first-order chi connectivity index (χ1) is 14.9. The van der Waals surface area contributed by atoms with Gasteiger partial charge in [0.15, 0.2) is 0 Å². The Morgan fingerprint density at radius 1 is 1.26 bits per heavy atom. The minimum absolute atomic E-state index is 0.00811. The molecule has 8 heteroatoms. The number of hydrogen-bond donors (Lipinski definition) is 1. The molecule has 4 nitrogen and oxygen atoms in total. The monoisotopic (exact) mass is 538 g/mol. The van der Waals surface area contributed by atoms with Gasteiger partial charge in [0.25, 0.3) is 0 Å². The molecular formula is C23H20F3IN3O-. The van der Waals surface area contributed by atoms with Gasteiger partial charge in [0.1, 0.15) is 0 Å². The summed E-state index contributed by atoms with van der Waals surface area (Å²) in [6, 6.07) is 7.35. The third-order valence-corrected chi connectivity index (χ3v) is 6.94. The normalized spacial score (nSPS) is 19.3. The molecule has 0 radical (unpaired) electrons. The van der Waals surface area contributed by atoms with Gasteiger partial charge in [-0.05, 0) is 12.8 Å².